The number of aliphatic imine (C=N–C) groups is 1. The Morgan fingerprint density at radius 3 is 2.80 bits per heavy atom. The van der Waals surface area contributed by atoms with Crippen LogP contribution in [-0.4, -0.2) is 44.0 Å². The monoisotopic (exact) mass is 213 g/mol. The van der Waals surface area contributed by atoms with Crippen molar-refractivity contribution in [3.63, 3.8) is 0 Å². The normalized spacial score (nSPS) is 28.1. The smallest absolute Gasteiger partial charge is 0.210 e. The highest BCUT2D eigenvalue weighted by Crippen LogP contribution is 2.27. The third kappa shape index (κ3) is 2.49. The molecule has 4 heteroatoms. The van der Waals surface area contributed by atoms with Crippen LogP contribution in [0.4, 0.5) is 0 Å². The van der Waals surface area contributed by atoms with E-state index in [0.29, 0.717) is 26.4 Å². The first-order valence-corrected chi connectivity index (χ1v) is 5.65. The summed E-state index contributed by atoms with van der Waals surface area (Å²) in [7, 11) is 0. The molecular weight excluding hydrogens is 194 g/mol. The van der Waals surface area contributed by atoms with Crippen molar-refractivity contribution >= 4 is 5.90 Å². The molecule has 0 aromatic carbocycles. The standard InChI is InChI=1S/C11H19NO3/c1-3-4-11(7-13-8-11)15-6-10-12-9(2)5-14-10/h9H,3-8H2,1-2H3. The molecule has 4 nitrogen and oxygen atoms in total. The Labute approximate surface area is 90.6 Å². The maximum Gasteiger partial charge on any atom is 0.210 e. The van der Waals surface area contributed by atoms with Crippen LogP contribution in [0.2, 0.25) is 0 Å². The van der Waals surface area contributed by atoms with Crippen molar-refractivity contribution in [2.24, 2.45) is 4.99 Å². The zero-order chi connectivity index (χ0) is 10.7. The Morgan fingerprint density at radius 2 is 2.33 bits per heavy atom. The number of nitrogens with zero attached hydrogens (tertiary/aromatic N) is 1. The van der Waals surface area contributed by atoms with E-state index in [1.54, 1.807) is 0 Å². The molecule has 2 heterocycles. The molecule has 0 aliphatic carbocycles. The van der Waals surface area contributed by atoms with Crippen molar-refractivity contribution < 1.29 is 14.2 Å². The molecule has 0 amide bonds. The van der Waals surface area contributed by atoms with E-state index in [9.17, 15) is 0 Å². The van der Waals surface area contributed by atoms with Crippen molar-refractivity contribution in [3.8, 4) is 0 Å². The molecular formula is C11H19NO3. The Balaban J connectivity index is 1.79. The molecule has 86 valence electrons. The van der Waals surface area contributed by atoms with Gasteiger partial charge in [0.15, 0.2) is 0 Å². The summed E-state index contributed by atoms with van der Waals surface area (Å²) in [6.45, 7) is 6.81. The average molecular weight is 213 g/mol. The lowest BCUT2D eigenvalue weighted by Crippen LogP contribution is -2.52. The van der Waals surface area contributed by atoms with Crippen LogP contribution in [-0.2, 0) is 14.2 Å². The minimum absolute atomic E-state index is 0.0630. The predicted molar refractivity (Wildman–Crippen MR) is 57.3 cm³/mol. The number of hydrogen-bond acceptors (Lipinski definition) is 4. The highest BCUT2D eigenvalue weighted by molar-refractivity contribution is 5.78. The highest BCUT2D eigenvalue weighted by Gasteiger charge is 2.39. The van der Waals surface area contributed by atoms with E-state index < -0.39 is 0 Å². The predicted octanol–water partition coefficient (Wildman–Crippen LogP) is 1.39. The molecule has 1 fully saturated rings. The van der Waals surface area contributed by atoms with Gasteiger partial charge in [-0.25, -0.2) is 4.99 Å². The van der Waals surface area contributed by atoms with Crippen LogP contribution in [0.1, 0.15) is 26.7 Å². The second kappa shape index (κ2) is 4.49. The summed E-state index contributed by atoms with van der Waals surface area (Å²) in [4.78, 5) is 4.34. The molecule has 15 heavy (non-hydrogen) atoms. The molecule has 1 unspecified atom stereocenters. The van der Waals surface area contributed by atoms with Crippen LogP contribution < -0.4 is 0 Å². The third-order valence-electron chi connectivity index (χ3n) is 2.79. The largest absolute Gasteiger partial charge is 0.477 e. The molecule has 2 aliphatic rings. The van der Waals surface area contributed by atoms with Crippen LogP contribution in [0, 0.1) is 0 Å². The van der Waals surface area contributed by atoms with Gasteiger partial charge in [0.25, 0.3) is 0 Å². The second-order valence-corrected chi connectivity index (χ2v) is 4.40. The summed E-state index contributed by atoms with van der Waals surface area (Å²) < 4.78 is 16.5. The first-order valence-electron chi connectivity index (χ1n) is 5.65. The van der Waals surface area contributed by atoms with Gasteiger partial charge in [0.2, 0.25) is 5.90 Å². The fraction of sp³-hybridized carbons (Fsp3) is 0.909. The topological polar surface area (TPSA) is 40.0 Å². The highest BCUT2D eigenvalue weighted by atomic mass is 16.6. The lowest BCUT2D eigenvalue weighted by atomic mass is 9.96. The van der Waals surface area contributed by atoms with Crippen LogP contribution in [0.5, 0.6) is 0 Å². The van der Waals surface area contributed by atoms with Gasteiger partial charge in [0, 0.05) is 0 Å². The van der Waals surface area contributed by atoms with Crippen molar-refractivity contribution in [1.82, 2.24) is 0 Å². The maximum absolute atomic E-state index is 5.86. The van der Waals surface area contributed by atoms with Gasteiger partial charge >= 0.3 is 0 Å². The van der Waals surface area contributed by atoms with Crippen molar-refractivity contribution in [2.75, 3.05) is 26.4 Å². The molecule has 1 atom stereocenters. The zero-order valence-electron chi connectivity index (χ0n) is 9.49. The van der Waals surface area contributed by atoms with Gasteiger partial charge in [-0.3, -0.25) is 0 Å². The number of hydrogen-bond donors (Lipinski definition) is 0. The summed E-state index contributed by atoms with van der Waals surface area (Å²) in [6.07, 6.45) is 2.17. The van der Waals surface area contributed by atoms with E-state index in [4.69, 9.17) is 14.2 Å². The van der Waals surface area contributed by atoms with Gasteiger partial charge in [-0.2, -0.15) is 0 Å². The lowest BCUT2D eigenvalue weighted by molar-refractivity contribution is -0.206. The molecule has 0 N–H and O–H groups in total. The third-order valence-corrected chi connectivity index (χ3v) is 2.79. The molecule has 0 aromatic rings. The van der Waals surface area contributed by atoms with Gasteiger partial charge in [-0.05, 0) is 13.3 Å². The van der Waals surface area contributed by atoms with Crippen molar-refractivity contribution in [1.29, 1.82) is 0 Å². The minimum Gasteiger partial charge on any atom is -0.477 e. The lowest BCUT2D eigenvalue weighted by Gasteiger charge is -2.40. The molecule has 0 aromatic heterocycles. The van der Waals surface area contributed by atoms with Crippen LogP contribution >= 0.6 is 0 Å². The molecule has 1 saturated heterocycles. The molecule has 0 spiro atoms. The number of ether oxygens (including phenoxy) is 3. The quantitative estimate of drug-likeness (QED) is 0.693. The average Bonchev–Trinajstić information content (AvgIpc) is 2.56. The van der Waals surface area contributed by atoms with E-state index in [1.165, 1.54) is 0 Å². The van der Waals surface area contributed by atoms with E-state index >= 15 is 0 Å². The van der Waals surface area contributed by atoms with Gasteiger partial charge in [-0.15, -0.1) is 0 Å². The summed E-state index contributed by atoms with van der Waals surface area (Å²) >= 11 is 0. The van der Waals surface area contributed by atoms with Crippen molar-refractivity contribution in [3.05, 3.63) is 0 Å². The first-order chi connectivity index (χ1) is 7.24. The van der Waals surface area contributed by atoms with Crippen molar-refractivity contribution in [2.45, 2.75) is 38.3 Å². The van der Waals surface area contributed by atoms with Crippen LogP contribution in [0.25, 0.3) is 0 Å². The maximum atomic E-state index is 5.86. The van der Waals surface area contributed by atoms with E-state index in [1.807, 2.05) is 6.92 Å². The number of rotatable bonds is 5. The molecule has 0 saturated carbocycles. The first kappa shape index (κ1) is 10.9. The fourth-order valence-electron chi connectivity index (χ4n) is 1.92. The Bertz CT molecular complexity index is 248. The van der Waals surface area contributed by atoms with Gasteiger partial charge in [-0.1, -0.05) is 13.3 Å². The molecule has 0 radical (unpaired) electrons. The molecule has 2 aliphatic heterocycles. The SMILES string of the molecule is CCCC1(OCC2=NC(C)CO2)COC1. The Kier molecular flexibility index (Phi) is 3.26. The second-order valence-electron chi connectivity index (χ2n) is 4.40. The van der Waals surface area contributed by atoms with Gasteiger partial charge in [0.1, 0.15) is 18.8 Å². The molecule has 0 bridgehead atoms. The van der Waals surface area contributed by atoms with Crippen LogP contribution in [0.15, 0.2) is 4.99 Å². The zero-order valence-corrected chi connectivity index (χ0v) is 9.49. The summed E-state index contributed by atoms with van der Waals surface area (Å²) in [5.74, 6) is 0.741. The van der Waals surface area contributed by atoms with E-state index in [-0.39, 0.29) is 11.6 Å². The summed E-state index contributed by atoms with van der Waals surface area (Å²) in [5.41, 5.74) is -0.0630. The van der Waals surface area contributed by atoms with Gasteiger partial charge in [0.05, 0.1) is 19.3 Å². The van der Waals surface area contributed by atoms with Gasteiger partial charge < -0.3 is 14.2 Å². The van der Waals surface area contributed by atoms with Crippen LogP contribution in [0.3, 0.4) is 0 Å². The van der Waals surface area contributed by atoms with E-state index in [2.05, 4.69) is 11.9 Å². The van der Waals surface area contributed by atoms with E-state index in [0.717, 1.165) is 18.7 Å². The molecule has 2 rings (SSSR count). The summed E-state index contributed by atoms with van der Waals surface area (Å²) in [5, 5.41) is 0. The fourth-order valence-corrected chi connectivity index (χ4v) is 1.92. The Morgan fingerprint density at radius 1 is 1.53 bits per heavy atom. The minimum atomic E-state index is -0.0630. The summed E-state index contributed by atoms with van der Waals surface area (Å²) in [6, 6.07) is 0.281. The Hall–Kier alpha value is -0.610.